The summed E-state index contributed by atoms with van der Waals surface area (Å²) in [6.07, 6.45) is 0. The van der Waals surface area contributed by atoms with Gasteiger partial charge in [0.25, 0.3) is 0 Å². The lowest BCUT2D eigenvalue weighted by atomic mass is 10.1. The van der Waals surface area contributed by atoms with E-state index in [4.69, 9.17) is 4.74 Å². The maximum absolute atomic E-state index is 12.5. The molecule has 1 unspecified atom stereocenters. The van der Waals surface area contributed by atoms with Crippen LogP contribution >= 0.6 is 0 Å². The van der Waals surface area contributed by atoms with E-state index in [1.165, 1.54) is 0 Å². The van der Waals surface area contributed by atoms with Crippen molar-refractivity contribution in [1.82, 2.24) is 10.2 Å². The van der Waals surface area contributed by atoms with E-state index in [0.717, 1.165) is 18.0 Å². The van der Waals surface area contributed by atoms with Crippen LogP contribution in [0.15, 0.2) is 24.3 Å². The summed E-state index contributed by atoms with van der Waals surface area (Å²) in [4.78, 5) is 16.3. The number of hydrogen-bond acceptors (Lipinski definition) is 4. The first kappa shape index (κ1) is 13.8. The molecule has 2 rings (SSSR count). The van der Waals surface area contributed by atoms with Gasteiger partial charge < -0.3 is 19.9 Å². The number of anilines is 1. The predicted molar refractivity (Wildman–Crippen MR) is 75.7 cm³/mol. The highest BCUT2D eigenvalue weighted by atomic mass is 16.5. The summed E-state index contributed by atoms with van der Waals surface area (Å²) < 4.78 is 5.34. The van der Waals surface area contributed by atoms with Gasteiger partial charge >= 0.3 is 0 Å². The lowest BCUT2D eigenvalue weighted by Crippen LogP contribution is -2.58. The van der Waals surface area contributed by atoms with Crippen molar-refractivity contribution in [3.05, 3.63) is 24.3 Å². The summed E-state index contributed by atoms with van der Waals surface area (Å²) in [6, 6.07) is 7.48. The Bertz CT molecular complexity index is 448. The molecule has 0 spiro atoms. The molecule has 1 saturated heterocycles. The lowest BCUT2D eigenvalue weighted by molar-refractivity contribution is -0.121. The zero-order chi connectivity index (χ0) is 13.8. The third-order valence-corrected chi connectivity index (χ3v) is 3.21. The van der Waals surface area contributed by atoms with Crippen molar-refractivity contribution in [2.45, 2.75) is 6.04 Å². The van der Waals surface area contributed by atoms with Gasteiger partial charge in [0.05, 0.1) is 12.8 Å². The zero-order valence-corrected chi connectivity index (χ0v) is 11.7. The van der Waals surface area contributed by atoms with Gasteiger partial charge in [-0.2, -0.15) is 0 Å². The monoisotopic (exact) mass is 263 g/mol. The third kappa shape index (κ3) is 3.05. The number of rotatable bonds is 4. The van der Waals surface area contributed by atoms with E-state index in [-0.39, 0.29) is 11.9 Å². The summed E-state index contributed by atoms with van der Waals surface area (Å²) >= 11 is 0. The average molecular weight is 263 g/mol. The Labute approximate surface area is 114 Å². The number of nitrogens with zero attached hydrogens (tertiary/aromatic N) is 2. The molecule has 5 nitrogen and oxygen atoms in total. The van der Waals surface area contributed by atoms with Gasteiger partial charge in [0.1, 0.15) is 11.8 Å². The fourth-order valence-electron chi connectivity index (χ4n) is 2.34. The molecule has 1 aliphatic rings. The van der Waals surface area contributed by atoms with Crippen LogP contribution in [0.1, 0.15) is 0 Å². The minimum absolute atomic E-state index is 0.101. The molecule has 1 aliphatic heterocycles. The number of amides is 1. The molecular formula is C14H21N3O2. The number of nitrogens with one attached hydrogen (secondary N) is 1. The van der Waals surface area contributed by atoms with Gasteiger partial charge in [-0.1, -0.05) is 12.1 Å². The molecule has 104 valence electrons. The van der Waals surface area contributed by atoms with Crippen molar-refractivity contribution in [3.63, 3.8) is 0 Å². The summed E-state index contributed by atoms with van der Waals surface area (Å²) in [7, 11) is 5.57. The highest BCUT2D eigenvalue weighted by molar-refractivity contribution is 5.99. The number of benzene rings is 1. The smallest absolute Gasteiger partial charge is 0.245 e. The van der Waals surface area contributed by atoms with Crippen molar-refractivity contribution in [2.24, 2.45) is 0 Å². The molecule has 1 fully saturated rings. The Hall–Kier alpha value is -1.59. The molecule has 0 aliphatic carbocycles. The molecule has 0 aromatic heterocycles. The standard InChI is InChI=1S/C14H21N3O2/c1-16(2)10-11-14(18)17(9-8-15-11)12-6-4-5-7-13(12)19-3/h4-7,11,15H,8-10H2,1-3H3. The number of methoxy groups -OCH3 is 1. The van der Waals surface area contributed by atoms with Crippen LogP contribution < -0.4 is 15.0 Å². The van der Waals surface area contributed by atoms with Crippen LogP contribution in [0, 0.1) is 0 Å². The van der Waals surface area contributed by atoms with Gasteiger partial charge in [-0.25, -0.2) is 0 Å². The molecule has 1 aromatic rings. The van der Waals surface area contributed by atoms with Crippen LogP contribution in [0.2, 0.25) is 0 Å². The summed E-state index contributed by atoms with van der Waals surface area (Å²) in [5, 5.41) is 3.26. The average Bonchev–Trinajstić information content (AvgIpc) is 2.41. The van der Waals surface area contributed by atoms with E-state index in [9.17, 15) is 4.79 Å². The van der Waals surface area contributed by atoms with Crippen molar-refractivity contribution in [3.8, 4) is 5.75 Å². The number of hydrogen-bond donors (Lipinski definition) is 1. The van der Waals surface area contributed by atoms with Gasteiger partial charge in [-0.3, -0.25) is 4.79 Å². The van der Waals surface area contributed by atoms with Gasteiger partial charge in [0, 0.05) is 19.6 Å². The number of ether oxygens (including phenoxy) is 1. The van der Waals surface area contributed by atoms with E-state index in [1.54, 1.807) is 7.11 Å². The second kappa shape index (κ2) is 6.04. The summed E-state index contributed by atoms with van der Waals surface area (Å²) in [5.41, 5.74) is 0.847. The SMILES string of the molecule is COc1ccccc1N1CCNC(CN(C)C)C1=O. The zero-order valence-electron chi connectivity index (χ0n) is 11.7. The van der Waals surface area contributed by atoms with E-state index >= 15 is 0 Å². The second-order valence-electron chi connectivity index (χ2n) is 4.93. The van der Waals surface area contributed by atoms with Crippen LogP contribution in [0.3, 0.4) is 0 Å². The third-order valence-electron chi connectivity index (χ3n) is 3.21. The first-order chi connectivity index (χ1) is 9.13. The van der Waals surface area contributed by atoms with Crippen LogP contribution in [0.4, 0.5) is 5.69 Å². The Morgan fingerprint density at radius 3 is 2.84 bits per heavy atom. The Morgan fingerprint density at radius 1 is 1.42 bits per heavy atom. The molecule has 1 aromatic carbocycles. The number of para-hydroxylation sites is 2. The molecule has 1 N–H and O–H groups in total. The highest BCUT2D eigenvalue weighted by Gasteiger charge is 2.30. The van der Waals surface area contributed by atoms with Crippen LogP contribution in [-0.4, -0.2) is 57.7 Å². The minimum atomic E-state index is -0.159. The van der Waals surface area contributed by atoms with Crippen molar-refractivity contribution in [2.75, 3.05) is 45.7 Å². The van der Waals surface area contributed by atoms with Gasteiger partial charge in [0.15, 0.2) is 0 Å². The molecule has 1 amide bonds. The number of piperazine rings is 1. The lowest BCUT2D eigenvalue weighted by Gasteiger charge is -2.34. The quantitative estimate of drug-likeness (QED) is 0.862. The number of carbonyl (C=O) groups is 1. The second-order valence-corrected chi connectivity index (χ2v) is 4.93. The summed E-state index contributed by atoms with van der Waals surface area (Å²) in [5.74, 6) is 0.839. The van der Waals surface area contributed by atoms with E-state index in [2.05, 4.69) is 5.32 Å². The van der Waals surface area contributed by atoms with Crippen molar-refractivity contribution >= 4 is 11.6 Å². The molecule has 0 radical (unpaired) electrons. The topological polar surface area (TPSA) is 44.8 Å². The number of carbonyl (C=O) groups excluding carboxylic acids is 1. The Balaban J connectivity index is 2.21. The minimum Gasteiger partial charge on any atom is -0.495 e. The fourth-order valence-corrected chi connectivity index (χ4v) is 2.34. The van der Waals surface area contributed by atoms with E-state index < -0.39 is 0 Å². The van der Waals surface area contributed by atoms with Crippen LogP contribution in [-0.2, 0) is 4.79 Å². The van der Waals surface area contributed by atoms with E-state index in [1.807, 2.05) is 48.2 Å². The highest BCUT2D eigenvalue weighted by Crippen LogP contribution is 2.28. The molecular weight excluding hydrogens is 242 g/mol. The Kier molecular flexibility index (Phi) is 4.39. The summed E-state index contributed by atoms with van der Waals surface area (Å²) in [6.45, 7) is 2.16. The van der Waals surface area contributed by atoms with Gasteiger partial charge in [0.2, 0.25) is 5.91 Å². The molecule has 5 heteroatoms. The van der Waals surface area contributed by atoms with Crippen molar-refractivity contribution in [1.29, 1.82) is 0 Å². The molecule has 19 heavy (non-hydrogen) atoms. The Morgan fingerprint density at radius 2 is 2.16 bits per heavy atom. The molecule has 1 heterocycles. The normalized spacial score (nSPS) is 19.9. The number of likely N-dealkylation sites (N-methyl/N-ethyl adjacent to an activating group) is 1. The molecule has 0 saturated carbocycles. The maximum Gasteiger partial charge on any atom is 0.245 e. The van der Waals surface area contributed by atoms with Crippen molar-refractivity contribution < 1.29 is 9.53 Å². The molecule has 0 bridgehead atoms. The van der Waals surface area contributed by atoms with Crippen LogP contribution in [0.5, 0.6) is 5.75 Å². The largest absolute Gasteiger partial charge is 0.495 e. The van der Waals surface area contributed by atoms with E-state index in [0.29, 0.717) is 13.1 Å². The first-order valence-corrected chi connectivity index (χ1v) is 6.46. The first-order valence-electron chi connectivity index (χ1n) is 6.46. The van der Waals surface area contributed by atoms with Gasteiger partial charge in [-0.15, -0.1) is 0 Å². The van der Waals surface area contributed by atoms with Crippen LogP contribution in [0.25, 0.3) is 0 Å². The van der Waals surface area contributed by atoms with Gasteiger partial charge in [-0.05, 0) is 26.2 Å². The fraction of sp³-hybridized carbons (Fsp3) is 0.500. The predicted octanol–water partition coefficient (Wildman–Crippen LogP) is 0.562. The maximum atomic E-state index is 12.5. The molecule has 1 atom stereocenters.